The molecule has 0 atom stereocenters. The Morgan fingerprint density at radius 3 is 3.21 bits per heavy atom. The highest BCUT2D eigenvalue weighted by molar-refractivity contribution is 8.00. The monoisotopic (exact) mass is 372 g/mol. The molecule has 24 heavy (non-hydrogen) atoms. The number of aryl methyl sites for hydroxylation is 2. The van der Waals surface area contributed by atoms with E-state index in [2.05, 4.69) is 21.4 Å². The predicted molar refractivity (Wildman–Crippen MR) is 97.8 cm³/mol. The molecule has 0 bridgehead atoms. The van der Waals surface area contributed by atoms with E-state index in [1.807, 2.05) is 0 Å². The van der Waals surface area contributed by atoms with Gasteiger partial charge in [-0.15, -0.1) is 22.7 Å². The Morgan fingerprint density at radius 1 is 1.42 bits per heavy atom. The number of nitrogens with zero attached hydrogens (tertiary/aromatic N) is 3. The van der Waals surface area contributed by atoms with Gasteiger partial charge in [0, 0.05) is 10.3 Å². The van der Waals surface area contributed by atoms with Gasteiger partial charge in [0.1, 0.15) is 27.3 Å². The molecule has 0 aromatic carbocycles. The van der Waals surface area contributed by atoms with E-state index in [1.54, 1.807) is 29.1 Å². The lowest BCUT2D eigenvalue weighted by molar-refractivity contribution is -0.113. The minimum absolute atomic E-state index is 0.127. The van der Waals surface area contributed by atoms with Crippen LogP contribution in [0.5, 0.6) is 0 Å². The van der Waals surface area contributed by atoms with E-state index >= 15 is 0 Å². The number of fused-ring (bicyclic) bond motifs is 3. The summed E-state index contributed by atoms with van der Waals surface area (Å²) in [6, 6.07) is 3.78. The van der Waals surface area contributed by atoms with Crippen molar-refractivity contribution in [1.82, 2.24) is 9.97 Å². The Morgan fingerprint density at radius 2 is 2.33 bits per heavy atom. The number of nitriles is 1. The fraction of sp³-hybridized carbons (Fsp3) is 0.250. The van der Waals surface area contributed by atoms with Crippen molar-refractivity contribution in [3.63, 3.8) is 0 Å². The van der Waals surface area contributed by atoms with E-state index in [4.69, 9.17) is 5.26 Å². The van der Waals surface area contributed by atoms with Crippen LogP contribution < -0.4 is 5.32 Å². The van der Waals surface area contributed by atoms with Crippen molar-refractivity contribution in [2.75, 3.05) is 11.1 Å². The third-order valence-electron chi connectivity index (χ3n) is 3.85. The quantitative estimate of drug-likeness (QED) is 0.556. The molecule has 8 heteroatoms. The topological polar surface area (TPSA) is 78.7 Å². The fourth-order valence-electron chi connectivity index (χ4n) is 2.80. The van der Waals surface area contributed by atoms with Gasteiger partial charge in [-0.2, -0.15) is 5.26 Å². The molecule has 3 aromatic heterocycles. The molecule has 0 aliphatic heterocycles. The molecule has 0 saturated carbocycles. The number of rotatable bonds is 4. The smallest absolute Gasteiger partial charge is 0.235 e. The molecule has 120 valence electrons. The number of thioether (sulfide) groups is 1. The Kier molecular flexibility index (Phi) is 4.22. The summed E-state index contributed by atoms with van der Waals surface area (Å²) in [5.74, 6) is 0.136. The van der Waals surface area contributed by atoms with Gasteiger partial charge in [0.2, 0.25) is 5.91 Å². The standard InChI is InChI=1S/C16H12N4OS3/c17-6-9-4-5-22-14(9)20-12(21)7-23-15-13-10-2-1-3-11(10)24-16(13)19-8-18-15/h4-5,8H,1-3,7H2,(H,20,21). The summed E-state index contributed by atoms with van der Waals surface area (Å²) in [7, 11) is 0. The lowest BCUT2D eigenvalue weighted by atomic mass is 10.2. The zero-order valence-electron chi connectivity index (χ0n) is 12.5. The van der Waals surface area contributed by atoms with Crippen LogP contribution in [0, 0.1) is 11.3 Å². The van der Waals surface area contributed by atoms with Crippen molar-refractivity contribution in [3.05, 3.63) is 33.8 Å². The first-order chi connectivity index (χ1) is 11.8. The number of amides is 1. The molecular formula is C16H12N4OS3. The summed E-state index contributed by atoms with van der Waals surface area (Å²) < 4.78 is 0. The average molecular weight is 373 g/mol. The van der Waals surface area contributed by atoms with Gasteiger partial charge in [0.15, 0.2) is 0 Å². The molecule has 0 spiro atoms. The maximum atomic E-state index is 12.2. The molecule has 1 aliphatic carbocycles. The van der Waals surface area contributed by atoms with Crippen LogP contribution in [0.15, 0.2) is 22.8 Å². The van der Waals surface area contributed by atoms with Crippen molar-refractivity contribution in [2.45, 2.75) is 24.3 Å². The van der Waals surface area contributed by atoms with Gasteiger partial charge in [-0.1, -0.05) is 11.8 Å². The van der Waals surface area contributed by atoms with Crippen LogP contribution in [0.2, 0.25) is 0 Å². The molecule has 0 saturated heterocycles. The van der Waals surface area contributed by atoms with Crippen LogP contribution in [0.4, 0.5) is 5.00 Å². The molecule has 5 nitrogen and oxygen atoms in total. The number of nitrogens with one attached hydrogen (secondary N) is 1. The van der Waals surface area contributed by atoms with E-state index < -0.39 is 0 Å². The maximum Gasteiger partial charge on any atom is 0.235 e. The summed E-state index contributed by atoms with van der Waals surface area (Å²) in [6.07, 6.45) is 4.95. The third kappa shape index (κ3) is 2.79. The SMILES string of the molecule is N#Cc1ccsc1NC(=O)CSc1ncnc2sc3c(c12)CCC3. The Hall–Kier alpha value is -1.95. The van der Waals surface area contributed by atoms with E-state index in [9.17, 15) is 4.79 Å². The number of anilines is 1. The van der Waals surface area contributed by atoms with Crippen LogP contribution in [-0.2, 0) is 17.6 Å². The number of aromatic nitrogens is 2. The maximum absolute atomic E-state index is 12.2. The van der Waals surface area contributed by atoms with Crippen molar-refractivity contribution in [3.8, 4) is 6.07 Å². The molecule has 3 aromatic rings. The first kappa shape index (κ1) is 15.6. The highest BCUT2D eigenvalue weighted by atomic mass is 32.2. The normalized spacial score (nSPS) is 13.0. The third-order valence-corrected chi connectivity index (χ3v) is 6.86. The lowest BCUT2D eigenvalue weighted by Crippen LogP contribution is -2.14. The van der Waals surface area contributed by atoms with Crippen LogP contribution in [0.25, 0.3) is 10.2 Å². The van der Waals surface area contributed by atoms with Crippen molar-refractivity contribution in [1.29, 1.82) is 5.26 Å². The molecule has 0 fully saturated rings. The zero-order chi connectivity index (χ0) is 16.5. The van der Waals surface area contributed by atoms with Gasteiger partial charge >= 0.3 is 0 Å². The highest BCUT2D eigenvalue weighted by Gasteiger charge is 2.21. The first-order valence-corrected chi connectivity index (χ1v) is 10.1. The van der Waals surface area contributed by atoms with E-state index in [1.165, 1.54) is 40.0 Å². The van der Waals surface area contributed by atoms with Gasteiger partial charge in [-0.3, -0.25) is 4.79 Å². The molecular weight excluding hydrogens is 360 g/mol. The fourth-order valence-corrected chi connectivity index (χ4v) is 5.67. The van der Waals surface area contributed by atoms with Crippen LogP contribution in [0.1, 0.15) is 22.4 Å². The largest absolute Gasteiger partial charge is 0.316 e. The van der Waals surface area contributed by atoms with Gasteiger partial charge in [0.25, 0.3) is 0 Å². The Bertz CT molecular complexity index is 970. The predicted octanol–water partition coefficient (Wildman–Crippen LogP) is 3.84. The van der Waals surface area contributed by atoms with Crippen LogP contribution in [-0.4, -0.2) is 21.6 Å². The minimum atomic E-state index is -0.127. The second-order valence-corrected chi connectivity index (χ2v) is 8.29. The van der Waals surface area contributed by atoms with Crippen molar-refractivity contribution >= 4 is 55.6 Å². The summed E-state index contributed by atoms with van der Waals surface area (Å²) in [6.45, 7) is 0. The first-order valence-electron chi connectivity index (χ1n) is 7.41. The highest BCUT2D eigenvalue weighted by Crippen LogP contribution is 2.40. The van der Waals surface area contributed by atoms with Crippen molar-refractivity contribution in [2.24, 2.45) is 0 Å². The molecule has 1 aliphatic rings. The Balaban J connectivity index is 1.51. The molecule has 0 unspecified atom stereocenters. The van der Waals surface area contributed by atoms with Crippen LogP contribution >= 0.6 is 34.4 Å². The summed E-state index contributed by atoms with van der Waals surface area (Å²) in [4.78, 5) is 23.4. The van der Waals surface area contributed by atoms with E-state index in [0.717, 1.165) is 28.1 Å². The second-order valence-electron chi connectivity index (χ2n) is 5.33. The number of carbonyl (C=O) groups is 1. The Labute approximate surface area is 150 Å². The molecule has 1 amide bonds. The number of hydrogen-bond donors (Lipinski definition) is 1. The summed E-state index contributed by atoms with van der Waals surface area (Å²) >= 11 is 4.53. The van der Waals surface area contributed by atoms with Gasteiger partial charge in [-0.25, -0.2) is 9.97 Å². The van der Waals surface area contributed by atoms with Crippen molar-refractivity contribution < 1.29 is 4.79 Å². The summed E-state index contributed by atoms with van der Waals surface area (Å²) in [5, 5.41) is 16.2. The summed E-state index contributed by atoms with van der Waals surface area (Å²) in [5.41, 5.74) is 1.86. The molecule has 4 rings (SSSR count). The average Bonchev–Trinajstić information content (AvgIpc) is 3.27. The number of carbonyl (C=O) groups excluding carboxylic acids is 1. The van der Waals surface area contributed by atoms with Gasteiger partial charge in [0.05, 0.1) is 11.3 Å². The van der Waals surface area contributed by atoms with E-state index in [-0.39, 0.29) is 11.7 Å². The number of thiophene rings is 2. The second kappa shape index (κ2) is 6.51. The molecule has 0 radical (unpaired) electrons. The van der Waals surface area contributed by atoms with Gasteiger partial charge in [-0.05, 0) is 36.3 Å². The van der Waals surface area contributed by atoms with Crippen LogP contribution in [0.3, 0.4) is 0 Å². The minimum Gasteiger partial charge on any atom is -0.316 e. The van der Waals surface area contributed by atoms with E-state index in [0.29, 0.717) is 10.6 Å². The lowest BCUT2D eigenvalue weighted by Gasteiger charge is -2.05. The number of hydrogen-bond acceptors (Lipinski definition) is 7. The zero-order valence-corrected chi connectivity index (χ0v) is 15.0. The molecule has 3 heterocycles. The van der Waals surface area contributed by atoms with Gasteiger partial charge < -0.3 is 5.32 Å². The molecule has 1 N–H and O–H groups in total.